The van der Waals surface area contributed by atoms with Crippen LogP contribution in [0.15, 0.2) is 0 Å². The van der Waals surface area contributed by atoms with Crippen LogP contribution < -0.4 is 0 Å². The maximum absolute atomic E-state index is 11.9. The molecule has 3 nitrogen and oxygen atoms in total. The monoisotopic (exact) mass is 305 g/mol. The van der Waals surface area contributed by atoms with E-state index >= 15 is 0 Å². The van der Waals surface area contributed by atoms with E-state index in [2.05, 4.69) is 13.8 Å². The smallest absolute Gasteiger partial charge is 0.216 e. The largest absolute Gasteiger partial charge is 0.264 e. The van der Waals surface area contributed by atoms with Crippen LogP contribution in [0, 0.1) is 44.6 Å². The zero-order valence-corrected chi connectivity index (χ0v) is 14.2. The average molecular weight is 305 g/mol. The highest BCUT2D eigenvalue weighted by molar-refractivity contribution is 5.09. The van der Waals surface area contributed by atoms with Gasteiger partial charge in [-0.05, 0) is 67.1 Å². The van der Waals surface area contributed by atoms with Crippen molar-refractivity contribution in [2.24, 2.45) is 34.5 Å². The maximum atomic E-state index is 11.9. The molecule has 1 unspecified atom stereocenters. The molecule has 4 saturated carbocycles. The molecule has 0 aromatic heterocycles. The first-order valence-corrected chi connectivity index (χ1v) is 9.59. The third-order valence-electron chi connectivity index (χ3n) is 8.65. The molecular formula is C19H31NO2. The maximum Gasteiger partial charge on any atom is 0.216 e. The molecule has 0 N–H and O–H groups in total. The second-order valence-corrected chi connectivity index (χ2v) is 9.41. The van der Waals surface area contributed by atoms with Crippen LogP contribution in [0.3, 0.4) is 0 Å². The van der Waals surface area contributed by atoms with Crippen molar-refractivity contribution in [2.45, 2.75) is 84.1 Å². The molecule has 0 amide bonds. The lowest BCUT2D eigenvalue weighted by molar-refractivity contribution is -0.548. The fraction of sp³-hybridized carbons (Fsp3) is 1.00. The second-order valence-electron chi connectivity index (χ2n) is 9.41. The second kappa shape index (κ2) is 4.95. The van der Waals surface area contributed by atoms with Crippen LogP contribution in [0.25, 0.3) is 0 Å². The van der Waals surface area contributed by atoms with Gasteiger partial charge in [0.1, 0.15) is 0 Å². The highest BCUT2D eigenvalue weighted by Gasteiger charge is 2.63. The van der Waals surface area contributed by atoms with Gasteiger partial charge in [-0.15, -0.1) is 0 Å². The molecule has 4 rings (SSSR count). The zero-order valence-electron chi connectivity index (χ0n) is 14.2. The SMILES string of the molecule is C[C@@]12CCC[C@H]1[C@@H]1[C@@H]([N+](=O)[O-])CC3CCCC[C@]3(C)[C@H]1CC2. The molecule has 0 saturated heterocycles. The fourth-order valence-electron chi connectivity index (χ4n) is 7.47. The van der Waals surface area contributed by atoms with Crippen molar-refractivity contribution < 1.29 is 4.92 Å². The van der Waals surface area contributed by atoms with Gasteiger partial charge in [0, 0.05) is 17.3 Å². The Morgan fingerprint density at radius 3 is 2.55 bits per heavy atom. The topological polar surface area (TPSA) is 43.1 Å². The van der Waals surface area contributed by atoms with Crippen LogP contribution in [0.2, 0.25) is 0 Å². The van der Waals surface area contributed by atoms with Crippen molar-refractivity contribution >= 4 is 0 Å². The van der Waals surface area contributed by atoms with Gasteiger partial charge < -0.3 is 0 Å². The lowest BCUT2D eigenvalue weighted by atomic mass is 9.44. The molecule has 0 spiro atoms. The molecular weight excluding hydrogens is 274 g/mol. The van der Waals surface area contributed by atoms with E-state index in [1.807, 2.05) is 0 Å². The minimum absolute atomic E-state index is 0.121. The molecule has 0 heterocycles. The Morgan fingerprint density at radius 1 is 0.955 bits per heavy atom. The third kappa shape index (κ3) is 1.93. The molecule has 0 radical (unpaired) electrons. The fourth-order valence-corrected chi connectivity index (χ4v) is 7.47. The number of nitro groups is 1. The number of fused-ring (bicyclic) bond motifs is 5. The van der Waals surface area contributed by atoms with E-state index in [0.29, 0.717) is 34.5 Å². The minimum atomic E-state index is -0.246. The Balaban J connectivity index is 1.74. The molecule has 124 valence electrons. The van der Waals surface area contributed by atoms with Gasteiger partial charge >= 0.3 is 0 Å². The molecule has 4 fully saturated rings. The molecule has 0 aliphatic heterocycles. The van der Waals surface area contributed by atoms with Crippen molar-refractivity contribution in [1.82, 2.24) is 0 Å². The minimum Gasteiger partial charge on any atom is -0.264 e. The van der Waals surface area contributed by atoms with Gasteiger partial charge in [-0.2, -0.15) is 0 Å². The van der Waals surface area contributed by atoms with Crippen LogP contribution in [0.5, 0.6) is 0 Å². The molecule has 3 heteroatoms. The van der Waals surface area contributed by atoms with E-state index in [1.165, 1.54) is 57.8 Å². The van der Waals surface area contributed by atoms with Gasteiger partial charge in [0.05, 0.1) is 0 Å². The summed E-state index contributed by atoms with van der Waals surface area (Å²) in [6.07, 6.45) is 12.5. The van der Waals surface area contributed by atoms with Gasteiger partial charge in [0.25, 0.3) is 0 Å². The molecule has 4 aliphatic carbocycles. The Labute approximate surface area is 134 Å². The van der Waals surface area contributed by atoms with E-state index in [0.717, 1.165) is 6.42 Å². The number of hydrogen-bond acceptors (Lipinski definition) is 2. The molecule has 7 atom stereocenters. The predicted octanol–water partition coefficient (Wildman–Crippen LogP) is 5.06. The number of rotatable bonds is 1. The Bertz CT molecular complexity index is 478. The summed E-state index contributed by atoms with van der Waals surface area (Å²) in [7, 11) is 0. The van der Waals surface area contributed by atoms with Crippen LogP contribution >= 0.6 is 0 Å². The van der Waals surface area contributed by atoms with Crippen molar-refractivity contribution in [1.29, 1.82) is 0 Å². The summed E-state index contributed by atoms with van der Waals surface area (Å²) in [5.74, 6) is 2.23. The van der Waals surface area contributed by atoms with Crippen LogP contribution in [0.4, 0.5) is 0 Å². The molecule has 0 aromatic carbocycles. The summed E-state index contributed by atoms with van der Waals surface area (Å²) in [6.45, 7) is 4.94. The molecule has 0 aromatic rings. The third-order valence-corrected chi connectivity index (χ3v) is 8.65. The van der Waals surface area contributed by atoms with E-state index in [9.17, 15) is 10.1 Å². The summed E-state index contributed by atoms with van der Waals surface area (Å²) in [5.41, 5.74) is 0.812. The lowest BCUT2D eigenvalue weighted by Gasteiger charge is -2.60. The van der Waals surface area contributed by atoms with Crippen molar-refractivity contribution in [3.8, 4) is 0 Å². The van der Waals surface area contributed by atoms with Gasteiger partial charge in [-0.3, -0.25) is 10.1 Å². The lowest BCUT2D eigenvalue weighted by Crippen LogP contribution is -2.58. The number of hydrogen-bond donors (Lipinski definition) is 0. The molecule has 22 heavy (non-hydrogen) atoms. The zero-order chi connectivity index (χ0) is 15.5. The van der Waals surface area contributed by atoms with Gasteiger partial charge in [-0.1, -0.05) is 33.1 Å². The number of nitrogens with zero attached hydrogens (tertiary/aromatic N) is 1. The van der Waals surface area contributed by atoms with Crippen LogP contribution in [-0.4, -0.2) is 11.0 Å². The Morgan fingerprint density at radius 2 is 1.77 bits per heavy atom. The Kier molecular flexibility index (Phi) is 3.36. The van der Waals surface area contributed by atoms with E-state index in [4.69, 9.17) is 0 Å². The quantitative estimate of drug-likeness (QED) is 0.501. The molecule has 0 bridgehead atoms. The van der Waals surface area contributed by atoms with E-state index < -0.39 is 0 Å². The van der Waals surface area contributed by atoms with Crippen LogP contribution in [0.1, 0.15) is 78.1 Å². The summed E-state index contributed by atoms with van der Waals surface area (Å²) < 4.78 is 0. The summed E-state index contributed by atoms with van der Waals surface area (Å²) in [6, 6.07) is -0.246. The highest BCUT2D eigenvalue weighted by Crippen LogP contribution is 2.66. The standard InChI is InChI=1S/C19H31NO2/c1-18-9-5-7-14(18)17-15(8-11-18)19(2)10-4-3-6-13(19)12-16(17)20(21)22/h13-17H,3-12H2,1-2H3/t13?,14-,15-,16-,17-,18-,19-/m0/s1. The van der Waals surface area contributed by atoms with Gasteiger partial charge in [-0.25, -0.2) is 0 Å². The van der Waals surface area contributed by atoms with Crippen LogP contribution in [-0.2, 0) is 0 Å². The molecule has 4 aliphatic rings. The first-order chi connectivity index (χ1) is 10.5. The predicted molar refractivity (Wildman–Crippen MR) is 87.1 cm³/mol. The highest BCUT2D eigenvalue weighted by atomic mass is 16.6. The van der Waals surface area contributed by atoms with E-state index in [-0.39, 0.29) is 11.0 Å². The van der Waals surface area contributed by atoms with Gasteiger partial charge in [0.2, 0.25) is 6.04 Å². The first-order valence-electron chi connectivity index (χ1n) is 9.59. The summed E-state index contributed by atoms with van der Waals surface area (Å²) >= 11 is 0. The summed E-state index contributed by atoms with van der Waals surface area (Å²) in [5, 5.41) is 11.9. The van der Waals surface area contributed by atoms with Gasteiger partial charge in [0.15, 0.2) is 0 Å². The van der Waals surface area contributed by atoms with Crippen molar-refractivity contribution in [2.75, 3.05) is 0 Å². The first kappa shape index (κ1) is 15.0. The van der Waals surface area contributed by atoms with E-state index in [1.54, 1.807) is 0 Å². The van der Waals surface area contributed by atoms with Crippen molar-refractivity contribution in [3.63, 3.8) is 0 Å². The van der Waals surface area contributed by atoms with Crippen molar-refractivity contribution in [3.05, 3.63) is 10.1 Å². The normalized spacial score (nSPS) is 54.2. The summed E-state index contributed by atoms with van der Waals surface area (Å²) in [4.78, 5) is 12.0. The Hall–Kier alpha value is -0.600. The average Bonchev–Trinajstić information content (AvgIpc) is 2.87.